The third-order valence-corrected chi connectivity index (χ3v) is 4.76. The fraction of sp³-hybridized carbons (Fsp3) is 0.353. The van der Waals surface area contributed by atoms with Crippen LogP contribution in [0, 0.1) is 0 Å². The molecule has 0 spiro atoms. The number of anilines is 1. The monoisotopic (exact) mass is 347 g/mol. The number of benzene rings is 1. The summed E-state index contributed by atoms with van der Waals surface area (Å²) in [6.45, 7) is 0. The first-order chi connectivity index (χ1) is 11.5. The first kappa shape index (κ1) is 16.5. The van der Waals surface area contributed by atoms with Gasteiger partial charge in [0.2, 0.25) is 0 Å². The molecule has 1 fully saturated rings. The van der Waals surface area contributed by atoms with Gasteiger partial charge in [-0.1, -0.05) is 49.1 Å². The van der Waals surface area contributed by atoms with Crippen molar-refractivity contribution >= 4 is 35.1 Å². The molecule has 0 aromatic heterocycles. The number of halogens is 1. The third kappa shape index (κ3) is 2.89. The highest BCUT2D eigenvalue weighted by atomic mass is 35.5. The Morgan fingerprint density at radius 2 is 1.79 bits per heavy atom. The molecule has 6 nitrogen and oxygen atoms in total. The number of rotatable bonds is 4. The molecule has 1 N–H and O–H groups in total. The molecule has 126 valence electrons. The van der Waals surface area contributed by atoms with E-state index in [1.807, 2.05) is 0 Å². The van der Waals surface area contributed by atoms with Crippen LogP contribution in [0.15, 0.2) is 35.0 Å². The molecule has 0 bridgehead atoms. The quantitative estimate of drug-likeness (QED) is 0.836. The Morgan fingerprint density at radius 1 is 1.12 bits per heavy atom. The van der Waals surface area contributed by atoms with Crippen LogP contribution < -0.4 is 10.4 Å². The van der Waals surface area contributed by atoms with Crippen molar-refractivity contribution in [1.82, 2.24) is 4.90 Å². The topological polar surface area (TPSA) is 89.5 Å². The van der Waals surface area contributed by atoms with E-state index in [1.54, 1.807) is 12.1 Å². The molecule has 0 radical (unpaired) electrons. The van der Waals surface area contributed by atoms with Crippen LogP contribution in [0.1, 0.15) is 42.5 Å². The van der Waals surface area contributed by atoms with Crippen LogP contribution in [-0.2, 0) is 9.59 Å². The minimum atomic E-state index is -1.38. The van der Waals surface area contributed by atoms with E-state index in [9.17, 15) is 19.5 Å². The highest BCUT2D eigenvalue weighted by Gasteiger charge is 2.42. The van der Waals surface area contributed by atoms with Crippen LogP contribution in [0.5, 0.6) is 0 Å². The Labute approximate surface area is 144 Å². The number of amides is 2. The van der Waals surface area contributed by atoms with Crippen LogP contribution in [0.25, 0.3) is 0 Å². The van der Waals surface area contributed by atoms with Crippen molar-refractivity contribution in [2.45, 2.75) is 38.1 Å². The molecule has 3 rings (SSSR count). The molecule has 24 heavy (non-hydrogen) atoms. The Hall–Kier alpha value is -2.34. The lowest BCUT2D eigenvalue weighted by Gasteiger charge is -2.29. The van der Waals surface area contributed by atoms with Gasteiger partial charge in [-0.05, 0) is 18.9 Å². The maximum atomic E-state index is 12.6. The second kappa shape index (κ2) is 6.65. The van der Waals surface area contributed by atoms with E-state index < -0.39 is 17.8 Å². The largest absolute Gasteiger partial charge is 0.545 e. The van der Waals surface area contributed by atoms with Gasteiger partial charge in [-0.25, -0.2) is 0 Å². The third-order valence-electron chi connectivity index (χ3n) is 4.41. The molecule has 0 atom stereocenters. The summed E-state index contributed by atoms with van der Waals surface area (Å²) in [6.07, 6.45) is 4.57. The van der Waals surface area contributed by atoms with E-state index >= 15 is 0 Å². The van der Waals surface area contributed by atoms with Gasteiger partial charge in [-0.2, -0.15) is 0 Å². The number of imide groups is 1. The molecular weight excluding hydrogens is 332 g/mol. The van der Waals surface area contributed by atoms with Crippen molar-refractivity contribution in [1.29, 1.82) is 0 Å². The van der Waals surface area contributed by atoms with Gasteiger partial charge in [-0.15, -0.1) is 0 Å². The fourth-order valence-electron chi connectivity index (χ4n) is 3.20. The zero-order valence-electron chi connectivity index (χ0n) is 12.9. The van der Waals surface area contributed by atoms with Gasteiger partial charge in [-0.3, -0.25) is 14.5 Å². The molecule has 1 aliphatic heterocycles. The Bertz CT molecular complexity index is 738. The lowest BCUT2D eigenvalue weighted by molar-refractivity contribution is -0.254. The molecule has 1 saturated carbocycles. The summed E-state index contributed by atoms with van der Waals surface area (Å²) in [7, 11) is 0. The summed E-state index contributed by atoms with van der Waals surface area (Å²) >= 11 is 6.06. The average Bonchev–Trinajstić information content (AvgIpc) is 2.79. The van der Waals surface area contributed by atoms with Crippen molar-refractivity contribution in [2.24, 2.45) is 0 Å². The number of carbonyl (C=O) groups excluding carboxylic acids is 3. The number of hydrogen-bond acceptors (Lipinski definition) is 5. The predicted octanol–water partition coefficient (Wildman–Crippen LogP) is 1.61. The normalized spacial score (nSPS) is 19.1. The SMILES string of the molecule is O=C([O-])c1ccccc1NC1=C(Cl)C(=O)N(C2CCCCC2)C1=O. The van der Waals surface area contributed by atoms with Crippen molar-refractivity contribution < 1.29 is 19.5 Å². The molecule has 1 heterocycles. The summed E-state index contributed by atoms with van der Waals surface area (Å²) in [5.41, 5.74) is -0.0240. The van der Waals surface area contributed by atoms with Crippen LogP contribution in [-0.4, -0.2) is 28.7 Å². The van der Waals surface area contributed by atoms with E-state index in [0.29, 0.717) is 0 Å². The lowest BCUT2D eigenvalue weighted by Crippen LogP contribution is -2.42. The van der Waals surface area contributed by atoms with Crippen LogP contribution in [0.3, 0.4) is 0 Å². The standard InChI is InChI=1S/C17H17ClN2O4/c18-13-14(19-12-9-5-4-8-11(12)17(23)24)16(22)20(15(13)21)10-6-2-1-3-7-10/h4-5,8-10,19H,1-3,6-7H2,(H,23,24)/p-1. The number of para-hydroxylation sites is 1. The summed E-state index contributed by atoms with van der Waals surface area (Å²) in [6, 6.07) is 5.85. The molecule has 7 heteroatoms. The zero-order valence-corrected chi connectivity index (χ0v) is 13.6. The van der Waals surface area contributed by atoms with Gasteiger partial charge in [0.25, 0.3) is 11.8 Å². The molecule has 0 unspecified atom stereocenters. The lowest BCUT2D eigenvalue weighted by atomic mass is 9.94. The number of nitrogens with one attached hydrogen (secondary N) is 1. The van der Waals surface area contributed by atoms with Gasteiger partial charge in [0.05, 0.1) is 5.97 Å². The summed E-state index contributed by atoms with van der Waals surface area (Å²) in [4.78, 5) is 37.4. The van der Waals surface area contributed by atoms with E-state index in [1.165, 1.54) is 17.0 Å². The first-order valence-electron chi connectivity index (χ1n) is 7.85. The number of carboxylic acid groups (broad SMARTS) is 1. The van der Waals surface area contributed by atoms with Crippen LogP contribution >= 0.6 is 11.6 Å². The molecule has 2 amide bonds. The van der Waals surface area contributed by atoms with Crippen LogP contribution in [0.4, 0.5) is 5.69 Å². The van der Waals surface area contributed by atoms with Gasteiger partial charge in [0, 0.05) is 17.3 Å². The second-order valence-electron chi connectivity index (χ2n) is 5.92. The van der Waals surface area contributed by atoms with Gasteiger partial charge in [0.1, 0.15) is 10.7 Å². The highest BCUT2D eigenvalue weighted by Crippen LogP contribution is 2.32. The predicted molar refractivity (Wildman–Crippen MR) is 86.0 cm³/mol. The van der Waals surface area contributed by atoms with E-state index in [2.05, 4.69) is 5.32 Å². The Morgan fingerprint density at radius 3 is 2.46 bits per heavy atom. The van der Waals surface area contributed by atoms with Gasteiger partial charge in [0.15, 0.2) is 0 Å². The molecular formula is C17H16ClN2O4-. The van der Waals surface area contributed by atoms with Crippen molar-refractivity contribution in [3.8, 4) is 0 Å². The summed E-state index contributed by atoms with van der Waals surface area (Å²) in [5.74, 6) is -2.41. The molecule has 0 saturated heterocycles. The number of nitrogens with zero attached hydrogens (tertiary/aromatic N) is 1. The molecule has 1 aromatic carbocycles. The van der Waals surface area contributed by atoms with Crippen LogP contribution in [0.2, 0.25) is 0 Å². The number of carbonyl (C=O) groups is 3. The second-order valence-corrected chi connectivity index (χ2v) is 6.30. The van der Waals surface area contributed by atoms with Gasteiger partial charge >= 0.3 is 0 Å². The van der Waals surface area contributed by atoms with Crippen molar-refractivity contribution in [3.05, 3.63) is 40.6 Å². The molecule has 1 aliphatic carbocycles. The smallest absolute Gasteiger partial charge is 0.279 e. The number of carboxylic acids is 1. The Balaban J connectivity index is 1.87. The van der Waals surface area contributed by atoms with Crippen molar-refractivity contribution in [2.75, 3.05) is 5.32 Å². The Kier molecular flexibility index (Phi) is 4.57. The summed E-state index contributed by atoms with van der Waals surface area (Å²) in [5, 5.41) is 13.7. The molecule has 2 aliphatic rings. The van der Waals surface area contributed by atoms with Gasteiger partial charge < -0.3 is 15.2 Å². The fourth-order valence-corrected chi connectivity index (χ4v) is 3.42. The number of hydrogen-bond donors (Lipinski definition) is 1. The first-order valence-corrected chi connectivity index (χ1v) is 8.23. The van der Waals surface area contributed by atoms with E-state index in [4.69, 9.17) is 11.6 Å². The maximum absolute atomic E-state index is 12.6. The summed E-state index contributed by atoms with van der Waals surface area (Å²) < 4.78 is 0. The molecule has 1 aromatic rings. The minimum absolute atomic E-state index is 0.0825. The zero-order chi connectivity index (χ0) is 17.3. The average molecular weight is 348 g/mol. The van der Waals surface area contributed by atoms with Crippen molar-refractivity contribution in [3.63, 3.8) is 0 Å². The maximum Gasteiger partial charge on any atom is 0.279 e. The van der Waals surface area contributed by atoms with E-state index in [-0.39, 0.29) is 28.0 Å². The number of aromatic carboxylic acids is 1. The minimum Gasteiger partial charge on any atom is -0.545 e. The van der Waals surface area contributed by atoms with E-state index in [0.717, 1.165) is 32.1 Å². The highest BCUT2D eigenvalue weighted by molar-refractivity contribution is 6.48.